The summed E-state index contributed by atoms with van der Waals surface area (Å²) in [7, 11) is 2.95. The van der Waals surface area contributed by atoms with Crippen LogP contribution >= 0.6 is 0 Å². The first-order chi connectivity index (χ1) is 12.3. The molecule has 3 aromatic rings. The van der Waals surface area contributed by atoms with E-state index in [1.807, 2.05) is 0 Å². The Balaban J connectivity index is 2.33. The van der Waals surface area contributed by atoms with Crippen molar-refractivity contribution in [3.8, 4) is 17.5 Å². The van der Waals surface area contributed by atoms with Crippen LogP contribution in [-0.2, 0) is 14.1 Å². The van der Waals surface area contributed by atoms with Gasteiger partial charge in [0.2, 0.25) is 0 Å². The zero-order valence-corrected chi connectivity index (χ0v) is 14.2. The highest BCUT2D eigenvalue weighted by atomic mass is 19.1. The summed E-state index contributed by atoms with van der Waals surface area (Å²) in [5, 5.41) is 4.10. The van der Waals surface area contributed by atoms with Crippen LogP contribution in [0.25, 0.3) is 16.7 Å². The first-order valence-electron chi connectivity index (χ1n) is 7.62. The minimum Gasteiger partial charge on any atom is -0.279 e. The van der Waals surface area contributed by atoms with Crippen LogP contribution in [0.15, 0.2) is 40.1 Å². The maximum absolute atomic E-state index is 14.5. The average molecular weight is 356 g/mol. The lowest BCUT2D eigenvalue weighted by Crippen LogP contribution is -2.38. The molecule has 0 amide bonds. The molecule has 2 heterocycles. The quantitative estimate of drug-likeness (QED) is 0.623. The molecule has 6 nitrogen and oxygen atoms in total. The highest BCUT2D eigenvalue weighted by Crippen LogP contribution is 2.18. The molecular formula is C18H14F2N4O2. The van der Waals surface area contributed by atoms with Crippen LogP contribution in [0.5, 0.6) is 0 Å². The molecule has 2 aromatic heterocycles. The summed E-state index contributed by atoms with van der Waals surface area (Å²) in [6, 6.07) is 1.96. The second-order valence-corrected chi connectivity index (χ2v) is 5.58. The van der Waals surface area contributed by atoms with Crippen molar-refractivity contribution < 1.29 is 8.78 Å². The van der Waals surface area contributed by atoms with E-state index in [4.69, 9.17) is 0 Å². The van der Waals surface area contributed by atoms with Gasteiger partial charge in [-0.1, -0.05) is 17.9 Å². The van der Waals surface area contributed by atoms with E-state index in [0.717, 1.165) is 16.7 Å². The van der Waals surface area contributed by atoms with E-state index in [0.29, 0.717) is 4.57 Å². The summed E-state index contributed by atoms with van der Waals surface area (Å²) < 4.78 is 32.0. The molecule has 0 N–H and O–H groups in total. The molecule has 26 heavy (non-hydrogen) atoms. The van der Waals surface area contributed by atoms with Crippen molar-refractivity contribution in [2.45, 2.75) is 6.92 Å². The fraction of sp³-hybridized carbons (Fsp3) is 0.167. The fourth-order valence-corrected chi connectivity index (χ4v) is 2.58. The molecule has 0 bridgehead atoms. The maximum Gasteiger partial charge on any atom is 0.337 e. The van der Waals surface area contributed by atoms with Crippen LogP contribution in [0.2, 0.25) is 0 Å². The van der Waals surface area contributed by atoms with E-state index in [1.165, 1.54) is 24.0 Å². The van der Waals surface area contributed by atoms with E-state index >= 15 is 0 Å². The molecule has 0 aliphatic rings. The Bertz CT molecular complexity index is 1210. The molecule has 0 atom stereocenters. The van der Waals surface area contributed by atoms with E-state index in [9.17, 15) is 18.4 Å². The second-order valence-electron chi connectivity index (χ2n) is 5.58. The van der Waals surface area contributed by atoms with Crippen LogP contribution in [0, 0.1) is 23.5 Å². The summed E-state index contributed by atoms with van der Waals surface area (Å²) in [5.74, 6) is 3.08. The van der Waals surface area contributed by atoms with E-state index in [1.54, 1.807) is 20.0 Å². The Kier molecular flexibility index (Phi) is 4.30. The molecule has 8 heteroatoms. The van der Waals surface area contributed by atoms with Crippen molar-refractivity contribution in [1.29, 1.82) is 0 Å². The lowest BCUT2D eigenvalue weighted by atomic mass is 10.2. The van der Waals surface area contributed by atoms with Gasteiger partial charge in [0.1, 0.15) is 11.1 Å². The van der Waals surface area contributed by atoms with Crippen molar-refractivity contribution in [3.05, 3.63) is 68.5 Å². The molecule has 3 rings (SSSR count). The number of fused-ring (bicyclic) bond motifs is 1. The zero-order valence-electron chi connectivity index (χ0n) is 14.2. The third-order valence-corrected chi connectivity index (χ3v) is 3.75. The summed E-state index contributed by atoms with van der Waals surface area (Å²) in [4.78, 5) is 25.2. The highest BCUT2D eigenvalue weighted by molar-refractivity contribution is 5.73. The zero-order chi connectivity index (χ0) is 19.0. The van der Waals surface area contributed by atoms with Crippen molar-refractivity contribution in [3.63, 3.8) is 0 Å². The van der Waals surface area contributed by atoms with Gasteiger partial charge >= 0.3 is 5.69 Å². The van der Waals surface area contributed by atoms with Crippen molar-refractivity contribution in [1.82, 2.24) is 18.9 Å². The number of hydrogen-bond donors (Lipinski definition) is 0. The topological polar surface area (TPSA) is 61.8 Å². The number of rotatable bonds is 1. The van der Waals surface area contributed by atoms with Gasteiger partial charge in [-0.15, -0.1) is 0 Å². The number of allylic oxidation sites excluding steroid dienone is 2. The van der Waals surface area contributed by atoms with Crippen molar-refractivity contribution in [2.75, 3.05) is 0 Å². The molecule has 0 fully saturated rings. The molecule has 0 saturated carbocycles. The van der Waals surface area contributed by atoms with Crippen LogP contribution < -0.4 is 11.2 Å². The SMILES string of the molecule is CC=CC#Cc1cc(F)c(-n2c(=O)c3cn(C)nc3n(C)c2=O)c(F)c1. The predicted octanol–water partition coefficient (Wildman–Crippen LogP) is 1.63. The minimum atomic E-state index is -1.06. The average Bonchev–Trinajstić information content (AvgIpc) is 2.98. The predicted molar refractivity (Wildman–Crippen MR) is 93.2 cm³/mol. The van der Waals surface area contributed by atoms with E-state index < -0.39 is 28.6 Å². The lowest BCUT2D eigenvalue weighted by molar-refractivity contribution is 0.558. The van der Waals surface area contributed by atoms with Gasteiger partial charge in [0.05, 0.1) is 0 Å². The van der Waals surface area contributed by atoms with Crippen LogP contribution in [-0.4, -0.2) is 18.9 Å². The minimum absolute atomic E-state index is 0.0744. The maximum atomic E-state index is 14.5. The summed E-state index contributed by atoms with van der Waals surface area (Å²) in [6.45, 7) is 1.76. The van der Waals surface area contributed by atoms with Gasteiger partial charge in [-0.2, -0.15) is 5.10 Å². The van der Waals surface area contributed by atoms with Crippen LogP contribution in [0.4, 0.5) is 8.78 Å². The Morgan fingerprint density at radius 1 is 1.15 bits per heavy atom. The Morgan fingerprint density at radius 2 is 1.81 bits per heavy atom. The van der Waals surface area contributed by atoms with Gasteiger partial charge in [-0.25, -0.2) is 18.1 Å². The molecule has 1 aromatic carbocycles. The third kappa shape index (κ3) is 2.73. The monoisotopic (exact) mass is 356 g/mol. The number of aryl methyl sites for hydroxylation is 2. The smallest absolute Gasteiger partial charge is 0.279 e. The normalized spacial score (nSPS) is 11.1. The lowest BCUT2D eigenvalue weighted by Gasteiger charge is -2.10. The van der Waals surface area contributed by atoms with Gasteiger partial charge in [-0.05, 0) is 25.1 Å². The molecule has 0 spiro atoms. The van der Waals surface area contributed by atoms with Crippen molar-refractivity contribution >= 4 is 11.0 Å². The summed E-state index contributed by atoms with van der Waals surface area (Å²) in [6.07, 6.45) is 4.60. The summed E-state index contributed by atoms with van der Waals surface area (Å²) >= 11 is 0. The van der Waals surface area contributed by atoms with Crippen LogP contribution in [0.3, 0.4) is 0 Å². The van der Waals surface area contributed by atoms with Crippen LogP contribution in [0.1, 0.15) is 12.5 Å². The molecule has 0 unspecified atom stereocenters. The van der Waals surface area contributed by atoms with Gasteiger partial charge in [0, 0.05) is 25.9 Å². The fourth-order valence-electron chi connectivity index (χ4n) is 2.58. The summed E-state index contributed by atoms with van der Waals surface area (Å²) in [5.41, 5.74) is -2.26. The Labute approximate surface area is 146 Å². The Morgan fingerprint density at radius 3 is 2.42 bits per heavy atom. The largest absolute Gasteiger partial charge is 0.337 e. The second kappa shape index (κ2) is 6.44. The van der Waals surface area contributed by atoms with Gasteiger partial charge in [0.15, 0.2) is 17.3 Å². The molecular weight excluding hydrogens is 342 g/mol. The molecule has 132 valence electrons. The Hall–Kier alpha value is -3.47. The molecule has 0 saturated heterocycles. The van der Waals surface area contributed by atoms with Gasteiger partial charge < -0.3 is 0 Å². The molecule has 0 aliphatic carbocycles. The van der Waals surface area contributed by atoms with Gasteiger partial charge in [-0.3, -0.25) is 14.0 Å². The standard InChI is InChI=1S/C18H14F2N4O2/c1-4-5-6-7-11-8-13(19)15(14(20)9-11)24-17(25)12-10-22(2)21-16(12)23(3)18(24)26/h4-5,8-10H,1-3H3. The number of aromatic nitrogens is 4. The first-order valence-corrected chi connectivity index (χ1v) is 7.62. The third-order valence-electron chi connectivity index (χ3n) is 3.75. The number of halogens is 2. The molecule has 0 aliphatic heterocycles. The van der Waals surface area contributed by atoms with E-state index in [-0.39, 0.29) is 16.6 Å². The van der Waals surface area contributed by atoms with Gasteiger partial charge in [0.25, 0.3) is 5.56 Å². The number of nitrogens with zero attached hydrogens (tertiary/aromatic N) is 4. The molecule has 0 radical (unpaired) electrons. The van der Waals surface area contributed by atoms with Crippen molar-refractivity contribution in [2.24, 2.45) is 14.1 Å². The van der Waals surface area contributed by atoms with E-state index in [2.05, 4.69) is 16.9 Å². The highest BCUT2D eigenvalue weighted by Gasteiger charge is 2.21. The number of benzene rings is 1. The number of hydrogen-bond acceptors (Lipinski definition) is 3. The first kappa shape index (κ1) is 17.4.